The molecular weight excluding hydrogens is 182 g/mol. The quantitative estimate of drug-likeness (QED) is 0.567. The Labute approximate surface area is 71.9 Å². The molecule has 72 valence electrons. The molecule has 0 aromatic rings. The molecule has 1 fully saturated rings. The highest BCUT2D eigenvalue weighted by molar-refractivity contribution is 7.86. The van der Waals surface area contributed by atoms with Crippen molar-refractivity contribution in [1.82, 2.24) is 5.32 Å². The zero-order chi connectivity index (χ0) is 9.19. The standard InChI is InChI=1S/C6H13NO4S/c1-11-5-2-6(4-7-3-5)12(8,9)10/h5-7H,2-4H2,1H3,(H,8,9,10). The van der Waals surface area contributed by atoms with Crippen molar-refractivity contribution in [2.45, 2.75) is 17.8 Å². The maximum Gasteiger partial charge on any atom is 0.269 e. The van der Waals surface area contributed by atoms with Crippen molar-refractivity contribution in [1.29, 1.82) is 0 Å². The van der Waals surface area contributed by atoms with Crippen LogP contribution in [0.4, 0.5) is 0 Å². The highest BCUT2D eigenvalue weighted by Crippen LogP contribution is 2.12. The summed E-state index contributed by atoms with van der Waals surface area (Å²) in [7, 11) is -2.38. The van der Waals surface area contributed by atoms with E-state index in [0.717, 1.165) is 0 Å². The Kier molecular flexibility index (Phi) is 3.05. The number of nitrogens with one attached hydrogen (secondary N) is 1. The van der Waals surface area contributed by atoms with Gasteiger partial charge in [0.15, 0.2) is 0 Å². The van der Waals surface area contributed by atoms with Gasteiger partial charge in [-0.3, -0.25) is 4.55 Å². The van der Waals surface area contributed by atoms with Gasteiger partial charge in [0.05, 0.1) is 6.10 Å². The van der Waals surface area contributed by atoms with Crippen LogP contribution in [0.5, 0.6) is 0 Å². The van der Waals surface area contributed by atoms with Gasteiger partial charge in [0.25, 0.3) is 10.1 Å². The molecule has 0 amide bonds. The SMILES string of the molecule is COC1CNCC(S(=O)(=O)O)C1. The van der Waals surface area contributed by atoms with E-state index in [1.807, 2.05) is 0 Å². The van der Waals surface area contributed by atoms with Crippen molar-refractivity contribution in [2.75, 3.05) is 20.2 Å². The lowest BCUT2D eigenvalue weighted by Crippen LogP contribution is -2.46. The second-order valence-electron chi connectivity index (χ2n) is 2.89. The van der Waals surface area contributed by atoms with Gasteiger partial charge in [-0.25, -0.2) is 0 Å². The lowest BCUT2D eigenvalue weighted by molar-refractivity contribution is 0.0811. The first-order valence-corrected chi connectivity index (χ1v) is 5.24. The average Bonchev–Trinajstić information content (AvgIpc) is 2.03. The maximum absolute atomic E-state index is 10.7. The Hall–Kier alpha value is -0.170. The molecule has 0 spiro atoms. The number of piperidine rings is 1. The number of ether oxygens (including phenoxy) is 1. The van der Waals surface area contributed by atoms with Crippen molar-refractivity contribution in [3.8, 4) is 0 Å². The minimum atomic E-state index is -3.91. The predicted molar refractivity (Wildman–Crippen MR) is 43.6 cm³/mol. The van der Waals surface area contributed by atoms with E-state index in [2.05, 4.69) is 5.32 Å². The van der Waals surface area contributed by atoms with Crippen LogP contribution in [0.25, 0.3) is 0 Å². The van der Waals surface area contributed by atoms with Crippen molar-refractivity contribution in [3.05, 3.63) is 0 Å². The van der Waals surface area contributed by atoms with Crippen LogP contribution in [0.2, 0.25) is 0 Å². The molecule has 2 atom stereocenters. The molecule has 6 heteroatoms. The third-order valence-electron chi connectivity index (χ3n) is 2.02. The number of hydrogen-bond acceptors (Lipinski definition) is 4. The van der Waals surface area contributed by atoms with Crippen molar-refractivity contribution in [3.63, 3.8) is 0 Å². The number of hydrogen-bond donors (Lipinski definition) is 2. The summed E-state index contributed by atoms with van der Waals surface area (Å²) in [6.07, 6.45) is 0.244. The van der Waals surface area contributed by atoms with E-state index < -0.39 is 15.4 Å². The molecule has 1 aliphatic rings. The summed E-state index contributed by atoms with van der Waals surface area (Å²) in [4.78, 5) is 0. The van der Waals surface area contributed by atoms with E-state index in [9.17, 15) is 8.42 Å². The zero-order valence-electron chi connectivity index (χ0n) is 6.86. The van der Waals surface area contributed by atoms with E-state index in [-0.39, 0.29) is 6.10 Å². The van der Waals surface area contributed by atoms with Crippen LogP contribution in [0.3, 0.4) is 0 Å². The largest absolute Gasteiger partial charge is 0.380 e. The first kappa shape index (κ1) is 9.91. The summed E-state index contributed by atoms with van der Waals surface area (Å²) < 4.78 is 35.1. The minimum absolute atomic E-state index is 0.120. The van der Waals surface area contributed by atoms with E-state index >= 15 is 0 Å². The Morgan fingerprint density at radius 3 is 2.67 bits per heavy atom. The van der Waals surface area contributed by atoms with Crippen molar-refractivity contribution in [2.24, 2.45) is 0 Å². The zero-order valence-corrected chi connectivity index (χ0v) is 7.67. The van der Waals surface area contributed by atoms with Gasteiger partial charge in [0, 0.05) is 20.2 Å². The highest BCUT2D eigenvalue weighted by Gasteiger charge is 2.30. The lowest BCUT2D eigenvalue weighted by atomic mass is 10.1. The third-order valence-corrected chi connectivity index (χ3v) is 3.23. The number of rotatable bonds is 2. The molecular formula is C6H13NO4S. The van der Waals surface area contributed by atoms with E-state index in [0.29, 0.717) is 19.5 Å². The van der Waals surface area contributed by atoms with Gasteiger partial charge in [-0.2, -0.15) is 8.42 Å². The fourth-order valence-electron chi connectivity index (χ4n) is 1.27. The topological polar surface area (TPSA) is 75.6 Å². The molecule has 0 radical (unpaired) electrons. The average molecular weight is 195 g/mol. The van der Waals surface area contributed by atoms with E-state index in [1.165, 1.54) is 7.11 Å². The van der Waals surface area contributed by atoms with Crippen LogP contribution in [0.15, 0.2) is 0 Å². The molecule has 5 nitrogen and oxygen atoms in total. The van der Waals surface area contributed by atoms with E-state index in [4.69, 9.17) is 9.29 Å². The van der Waals surface area contributed by atoms with Crippen molar-refractivity contribution >= 4 is 10.1 Å². The van der Waals surface area contributed by atoms with Crippen molar-refractivity contribution < 1.29 is 17.7 Å². The molecule has 0 saturated carbocycles. The van der Waals surface area contributed by atoms with Crippen LogP contribution >= 0.6 is 0 Å². The summed E-state index contributed by atoms with van der Waals surface area (Å²) in [5, 5.41) is 2.15. The summed E-state index contributed by atoms with van der Waals surface area (Å²) >= 11 is 0. The predicted octanol–water partition coefficient (Wildman–Crippen LogP) is -0.749. The molecule has 1 rings (SSSR count). The Bertz CT molecular complexity index is 238. The van der Waals surface area contributed by atoms with Gasteiger partial charge in [-0.05, 0) is 6.42 Å². The fourth-order valence-corrected chi connectivity index (χ4v) is 2.06. The van der Waals surface area contributed by atoms with Gasteiger partial charge >= 0.3 is 0 Å². The van der Waals surface area contributed by atoms with Crippen LogP contribution < -0.4 is 5.32 Å². The first-order chi connectivity index (χ1) is 5.54. The molecule has 0 aromatic heterocycles. The Morgan fingerprint density at radius 1 is 1.50 bits per heavy atom. The van der Waals surface area contributed by atoms with Crippen LogP contribution in [-0.4, -0.2) is 44.5 Å². The molecule has 2 unspecified atom stereocenters. The second-order valence-corrected chi connectivity index (χ2v) is 4.59. The van der Waals surface area contributed by atoms with Gasteiger partial charge in [0.2, 0.25) is 0 Å². The molecule has 2 N–H and O–H groups in total. The second kappa shape index (κ2) is 3.69. The lowest BCUT2D eigenvalue weighted by Gasteiger charge is -2.26. The molecule has 0 aliphatic carbocycles. The maximum atomic E-state index is 10.7. The Balaban J connectivity index is 2.58. The van der Waals surface area contributed by atoms with Gasteiger partial charge in [0.1, 0.15) is 5.25 Å². The molecule has 1 saturated heterocycles. The summed E-state index contributed by atoms with van der Waals surface area (Å²) in [5.41, 5.74) is 0. The van der Waals surface area contributed by atoms with Crippen LogP contribution in [-0.2, 0) is 14.9 Å². The smallest absolute Gasteiger partial charge is 0.269 e. The summed E-state index contributed by atoms with van der Waals surface area (Å²) in [5.74, 6) is 0. The van der Waals surface area contributed by atoms with Crippen LogP contribution in [0, 0.1) is 0 Å². The third kappa shape index (κ3) is 2.41. The molecule has 12 heavy (non-hydrogen) atoms. The van der Waals surface area contributed by atoms with Gasteiger partial charge in [-0.1, -0.05) is 0 Å². The number of methoxy groups -OCH3 is 1. The van der Waals surface area contributed by atoms with E-state index in [1.54, 1.807) is 0 Å². The Morgan fingerprint density at radius 2 is 2.17 bits per heavy atom. The molecule has 0 aromatic carbocycles. The summed E-state index contributed by atoms with van der Waals surface area (Å²) in [6, 6.07) is 0. The molecule has 1 heterocycles. The van der Waals surface area contributed by atoms with Crippen LogP contribution in [0.1, 0.15) is 6.42 Å². The molecule has 0 bridgehead atoms. The van der Waals surface area contributed by atoms with Gasteiger partial charge < -0.3 is 10.1 Å². The molecule has 1 aliphatic heterocycles. The fraction of sp³-hybridized carbons (Fsp3) is 1.00. The monoisotopic (exact) mass is 195 g/mol. The van der Waals surface area contributed by atoms with Gasteiger partial charge in [-0.15, -0.1) is 0 Å². The first-order valence-electron chi connectivity index (χ1n) is 3.74. The minimum Gasteiger partial charge on any atom is -0.380 e. The highest BCUT2D eigenvalue weighted by atomic mass is 32.2. The summed E-state index contributed by atoms with van der Waals surface area (Å²) in [6.45, 7) is 0.946. The normalized spacial score (nSPS) is 31.8.